The van der Waals surface area contributed by atoms with Crippen molar-refractivity contribution in [2.24, 2.45) is 0 Å². The summed E-state index contributed by atoms with van der Waals surface area (Å²) in [5.41, 5.74) is 0. The number of aromatic nitrogens is 5. The molecule has 1 aliphatic rings. The van der Waals surface area contributed by atoms with Crippen molar-refractivity contribution in [3.8, 4) is 11.6 Å². The van der Waals surface area contributed by atoms with Crippen LogP contribution in [0.2, 0.25) is 0 Å². The Kier molecular flexibility index (Phi) is 5.80. The van der Waals surface area contributed by atoms with Gasteiger partial charge in [-0.05, 0) is 31.9 Å². The minimum atomic E-state index is -3.82. The lowest BCUT2D eigenvalue weighted by molar-refractivity contribution is 0.356. The SMILES string of the molecule is CC(Cc1ncc(F)cn1)S(=O)(=O)Nc1nnc(-c2ccco2)n1C1CCCCC1. The van der Waals surface area contributed by atoms with Gasteiger partial charge in [-0.3, -0.25) is 9.29 Å². The lowest BCUT2D eigenvalue weighted by Gasteiger charge is -2.25. The molecule has 1 N–H and O–H groups in total. The number of hydrogen-bond acceptors (Lipinski definition) is 7. The molecular weight excluding hydrogens is 411 g/mol. The predicted molar refractivity (Wildman–Crippen MR) is 108 cm³/mol. The van der Waals surface area contributed by atoms with E-state index in [1.807, 2.05) is 4.57 Å². The molecule has 0 bridgehead atoms. The van der Waals surface area contributed by atoms with Gasteiger partial charge in [-0.15, -0.1) is 10.2 Å². The normalized spacial score (nSPS) is 16.5. The maximum absolute atomic E-state index is 13.0. The van der Waals surface area contributed by atoms with Gasteiger partial charge in [-0.25, -0.2) is 22.8 Å². The molecule has 11 heteroatoms. The fourth-order valence-corrected chi connectivity index (χ4v) is 4.62. The topological polar surface area (TPSA) is 116 Å². The zero-order chi connectivity index (χ0) is 21.1. The van der Waals surface area contributed by atoms with Crippen molar-refractivity contribution in [3.05, 3.63) is 42.4 Å². The van der Waals surface area contributed by atoms with Crippen molar-refractivity contribution < 1.29 is 17.2 Å². The van der Waals surface area contributed by atoms with E-state index in [1.54, 1.807) is 25.3 Å². The minimum Gasteiger partial charge on any atom is -0.461 e. The molecule has 3 heterocycles. The van der Waals surface area contributed by atoms with Crippen LogP contribution < -0.4 is 4.72 Å². The first-order valence-electron chi connectivity index (χ1n) is 9.91. The zero-order valence-corrected chi connectivity index (χ0v) is 17.3. The molecule has 3 aromatic rings. The number of furan rings is 1. The van der Waals surface area contributed by atoms with Crippen molar-refractivity contribution in [3.63, 3.8) is 0 Å². The zero-order valence-electron chi connectivity index (χ0n) is 16.5. The van der Waals surface area contributed by atoms with Crippen molar-refractivity contribution in [1.29, 1.82) is 0 Å². The van der Waals surface area contributed by atoms with Crippen LogP contribution in [0.1, 0.15) is 50.9 Å². The summed E-state index contributed by atoms with van der Waals surface area (Å²) in [6.07, 6.45) is 8.73. The Morgan fingerprint density at radius 1 is 1.23 bits per heavy atom. The van der Waals surface area contributed by atoms with Gasteiger partial charge < -0.3 is 4.42 Å². The molecule has 160 valence electrons. The van der Waals surface area contributed by atoms with Crippen molar-refractivity contribution in [2.45, 2.75) is 56.7 Å². The van der Waals surface area contributed by atoms with Gasteiger partial charge in [-0.2, -0.15) is 0 Å². The molecule has 1 saturated carbocycles. The van der Waals surface area contributed by atoms with E-state index in [4.69, 9.17) is 4.42 Å². The van der Waals surface area contributed by atoms with E-state index < -0.39 is 21.1 Å². The molecule has 0 aromatic carbocycles. The van der Waals surface area contributed by atoms with Gasteiger partial charge in [0.25, 0.3) is 0 Å². The van der Waals surface area contributed by atoms with E-state index in [-0.39, 0.29) is 24.2 Å². The van der Waals surface area contributed by atoms with Crippen LogP contribution in [-0.4, -0.2) is 38.4 Å². The Morgan fingerprint density at radius 3 is 2.63 bits per heavy atom. The summed E-state index contributed by atoms with van der Waals surface area (Å²) in [5, 5.41) is 7.46. The molecule has 3 aromatic heterocycles. The highest BCUT2D eigenvalue weighted by atomic mass is 32.2. The van der Waals surface area contributed by atoms with E-state index in [2.05, 4.69) is 24.9 Å². The molecule has 0 amide bonds. The van der Waals surface area contributed by atoms with E-state index in [1.165, 1.54) is 0 Å². The number of anilines is 1. The number of halogens is 1. The van der Waals surface area contributed by atoms with Gasteiger partial charge in [-0.1, -0.05) is 19.3 Å². The van der Waals surface area contributed by atoms with Gasteiger partial charge >= 0.3 is 0 Å². The van der Waals surface area contributed by atoms with Gasteiger partial charge in [0.15, 0.2) is 11.6 Å². The largest absolute Gasteiger partial charge is 0.461 e. The molecule has 9 nitrogen and oxygen atoms in total. The fraction of sp³-hybridized carbons (Fsp3) is 0.474. The van der Waals surface area contributed by atoms with Gasteiger partial charge in [0.05, 0.1) is 23.9 Å². The number of nitrogens with one attached hydrogen (secondary N) is 1. The molecule has 1 atom stereocenters. The Hall–Kier alpha value is -2.82. The number of hydrogen-bond donors (Lipinski definition) is 1. The van der Waals surface area contributed by atoms with Crippen LogP contribution in [-0.2, 0) is 16.4 Å². The quantitative estimate of drug-likeness (QED) is 0.606. The first-order valence-corrected chi connectivity index (χ1v) is 11.5. The Bertz CT molecular complexity index is 1080. The highest BCUT2D eigenvalue weighted by molar-refractivity contribution is 7.93. The summed E-state index contributed by atoms with van der Waals surface area (Å²) in [7, 11) is -3.82. The molecule has 0 saturated heterocycles. The second kappa shape index (κ2) is 8.50. The van der Waals surface area contributed by atoms with Gasteiger partial charge in [0, 0.05) is 12.5 Å². The summed E-state index contributed by atoms with van der Waals surface area (Å²) >= 11 is 0. The van der Waals surface area contributed by atoms with Crippen LogP contribution in [0, 0.1) is 5.82 Å². The summed E-state index contributed by atoms with van der Waals surface area (Å²) in [4.78, 5) is 7.69. The van der Waals surface area contributed by atoms with E-state index in [0.717, 1.165) is 44.5 Å². The third-order valence-electron chi connectivity index (χ3n) is 5.28. The van der Waals surface area contributed by atoms with Crippen molar-refractivity contribution in [1.82, 2.24) is 24.7 Å². The third kappa shape index (κ3) is 4.35. The highest BCUT2D eigenvalue weighted by Crippen LogP contribution is 2.35. The Morgan fingerprint density at radius 2 is 1.97 bits per heavy atom. The highest BCUT2D eigenvalue weighted by Gasteiger charge is 2.29. The molecular formula is C19H23FN6O3S. The molecule has 1 fully saturated rings. The summed E-state index contributed by atoms with van der Waals surface area (Å²) in [6, 6.07) is 3.61. The average molecular weight is 434 g/mol. The number of nitrogens with zero attached hydrogens (tertiary/aromatic N) is 5. The Balaban J connectivity index is 1.60. The van der Waals surface area contributed by atoms with Crippen LogP contribution in [0.15, 0.2) is 35.2 Å². The maximum atomic E-state index is 13.0. The third-order valence-corrected chi connectivity index (χ3v) is 6.98. The summed E-state index contributed by atoms with van der Waals surface area (Å²) in [6.45, 7) is 1.55. The predicted octanol–water partition coefficient (Wildman–Crippen LogP) is 3.35. The lowest BCUT2D eigenvalue weighted by Crippen LogP contribution is -2.30. The average Bonchev–Trinajstić information content (AvgIpc) is 3.40. The van der Waals surface area contributed by atoms with E-state index >= 15 is 0 Å². The second-order valence-corrected chi connectivity index (χ2v) is 9.56. The van der Waals surface area contributed by atoms with Gasteiger partial charge in [0.1, 0.15) is 5.82 Å². The Labute approximate surface area is 173 Å². The number of sulfonamides is 1. The van der Waals surface area contributed by atoms with Crippen LogP contribution in [0.25, 0.3) is 11.6 Å². The molecule has 1 aliphatic carbocycles. The molecule has 0 spiro atoms. The molecule has 0 aliphatic heterocycles. The number of rotatable bonds is 7. The van der Waals surface area contributed by atoms with E-state index in [9.17, 15) is 12.8 Å². The summed E-state index contributed by atoms with van der Waals surface area (Å²) < 4.78 is 48.8. The molecule has 30 heavy (non-hydrogen) atoms. The monoisotopic (exact) mass is 434 g/mol. The van der Waals surface area contributed by atoms with Crippen molar-refractivity contribution >= 4 is 16.0 Å². The molecule has 1 unspecified atom stereocenters. The van der Waals surface area contributed by atoms with Crippen molar-refractivity contribution in [2.75, 3.05) is 4.72 Å². The second-order valence-electron chi connectivity index (χ2n) is 7.47. The van der Waals surface area contributed by atoms with Crippen LogP contribution >= 0.6 is 0 Å². The molecule has 4 rings (SSSR count). The summed E-state index contributed by atoms with van der Waals surface area (Å²) in [5.74, 6) is 0.878. The first kappa shape index (κ1) is 20.5. The van der Waals surface area contributed by atoms with Crippen LogP contribution in [0.3, 0.4) is 0 Å². The standard InChI is InChI=1S/C19H23FN6O3S/c1-13(10-17-21-11-14(20)12-22-17)30(27,28)25-19-24-23-18(16-8-5-9-29-16)26(19)15-6-3-2-4-7-15/h5,8-9,11-13,15H,2-4,6-7,10H2,1H3,(H,24,25). The maximum Gasteiger partial charge on any atom is 0.238 e. The fourth-order valence-electron chi connectivity index (χ4n) is 3.66. The van der Waals surface area contributed by atoms with E-state index in [0.29, 0.717) is 11.6 Å². The lowest BCUT2D eigenvalue weighted by atomic mass is 9.95. The van der Waals surface area contributed by atoms with Gasteiger partial charge in [0.2, 0.25) is 21.8 Å². The van der Waals surface area contributed by atoms with Crippen LogP contribution in [0.5, 0.6) is 0 Å². The minimum absolute atomic E-state index is 0.0399. The van der Waals surface area contributed by atoms with Crippen LogP contribution in [0.4, 0.5) is 10.3 Å². The first-order chi connectivity index (χ1) is 14.4. The molecule has 0 radical (unpaired) electrons. The smallest absolute Gasteiger partial charge is 0.238 e.